The fraction of sp³-hybridized carbons (Fsp3) is 0.300. The van der Waals surface area contributed by atoms with Crippen LogP contribution >= 0.6 is 23.4 Å². The molecule has 0 spiro atoms. The molecule has 2 aromatic carbocycles. The summed E-state index contributed by atoms with van der Waals surface area (Å²) in [5.41, 5.74) is 2.13. The third-order valence-corrected chi connectivity index (χ3v) is 5.44. The van der Waals surface area contributed by atoms with Gasteiger partial charge in [-0.2, -0.15) is 0 Å². The zero-order valence-electron chi connectivity index (χ0n) is 15.2. The summed E-state index contributed by atoms with van der Waals surface area (Å²) < 4.78 is 0. The number of amides is 2. The van der Waals surface area contributed by atoms with Crippen LogP contribution in [0.5, 0.6) is 0 Å². The Bertz CT molecular complexity index is 765. The van der Waals surface area contributed by atoms with E-state index in [9.17, 15) is 9.59 Å². The minimum atomic E-state index is -0.544. The molecule has 0 saturated heterocycles. The Kier molecular flexibility index (Phi) is 7.54. The molecule has 26 heavy (non-hydrogen) atoms. The lowest BCUT2D eigenvalue weighted by Crippen LogP contribution is -2.47. The molecular formula is C20H23ClN2O2S. The smallest absolute Gasteiger partial charge is 0.242 e. The van der Waals surface area contributed by atoms with Crippen molar-refractivity contribution in [3.05, 3.63) is 64.7 Å². The number of carbonyl (C=O) groups is 2. The minimum Gasteiger partial charge on any atom is -0.357 e. The molecule has 6 heteroatoms. The number of nitrogens with one attached hydrogen (secondary N) is 1. The lowest BCUT2D eigenvalue weighted by Gasteiger charge is -2.29. The van der Waals surface area contributed by atoms with E-state index in [0.717, 1.165) is 16.0 Å². The number of hydrogen-bond donors (Lipinski definition) is 1. The summed E-state index contributed by atoms with van der Waals surface area (Å²) in [6, 6.07) is 14.7. The summed E-state index contributed by atoms with van der Waals surface area (Å²) in [7, 11) is 1.58. The molecule has 2 rings (SSSR count). The van der Waals surface area contributed by atoms with Crippen LogP contribution in [0.1, 0.15) is 18.1 Å². The molecule has 0 saturated carbocycles. The maximum Gasteiger partial charge on any atom is 0.242 e. The van der Waals surface area contributed by atoms with E-state index in [1.165, 1.54) is 11.8 Å². The Morgan fingerprint density at radius 2 is 1.81 bits per heavy atom. The predicted molar refractivity (Wildman–Crippen MR) is 107 cm³/mol. The van der Waals surface area contributed by atoms with Crippen LogP contribution in [0.15, 0.2) is 53.4 Å². The first-order valence-corrected chi connectivity index (χ1v) is 9.72. The molecular weight excluding hydrogens is 368 g/mol. The maximum absolute atomic E-state index is 12.9. The fourth-order valence-electron chi connectivity index (χ4n) is 2.52. The Balaban J connectivity index is 2.13. The van der Waals surface area contributed by atoms with Gasteiger partial charge in [0.2, 0.25) is 11.8 Å². The summed E-state index contributed by atoms with van der Waals surface area (Å²) in [6.45, 7) is 4.16. The van der Waals surface area contributed by atoms with E-state index in [2.05, 4.69) is 5.32 Å². The third-order valence-electron chi connectivity index (χ3n) is 4.19. The molecule has 1 N–H and O–H groups in total. The first-order chi connectivity index (χ1) is 12.4. The van der Waals surface area contributed by atoms with Gasteiger partial charge in [0.25, 0.3) is 0 Å². The van der Waals surface area contributed by atoms with Gasteiger partial charge in [-0.25, -0.2) is 0 Å². The lowest BCUT2D eigenvalue weighted by atomic mass is 10.1. The van der Waals surface area contributed by atoms with Crippen molar-refractivity contribution in [2.24, 2.45) is 0 Å². The van der Waals surface area contributed by atoms with Crippen molar-refractivity contribution in [1.82, 2.24) is 10.2 Å². The van der Waals surface area contributed by atoms with Gasteiger partial charge in [-0.1, -0.05) is 35.9 Å². The Hall–Kier alpha value is -1.98. The molecule has 0 radical (unpaired) electrons. The fourth-order valence-corrected chi connectivity index (χ4v) is 3.43. The average Bonchev–Trinajstić information content (AvgIpc) is 2.65. The molecule has 0 heterocycles. The monoisotopic (exact) mass is 390 g/mol. The van der Waals surface area contributed by atoms with Crippen LogP contribution in [0.25, 0.3) is 0 Å². The highest BCUT2D eigenvalue weighted by Gasteiger charge is 2.25. The maximum atomic E-state index is 12.9. The highest BCUT2D eigenvalue weighted by atomic mass is 35.5. The second-order valence-electron chi connectivity index (χ2n) is 5.98. The van der Waals surface area contributed by atoms with Crippen molar-refractivity contribution in [2.45, 2.75) is 31.3 Å². The Morgan fingerprint density at radius 3 is 2.42 bits per heavy atom. The highest BCUT2D eigenvalue weighted by Crippen LogP contribution is 2.22. The number of benzene rings is 2. The van der Waals surface area contributed by atoms with Crippen LogP contribution in [-0.4, -0.2) is 35.6 Å². The number of hydrogen-bond acceptors (Lipinski definition) is 3. The van der Waals surface area contributed by atoms with Crippen LogP contribution in [0.3, 0.4) is 0 Å². The highest BCUT2D eigenvalue weighted by molar-refractivity contribution is 8.00. The Morgan fingerprint density at radius 1 is 1.15 bits per heavy atom. The van der Waals surface area contributed by atoms with Crippen molar-refractivity contribution in [2.75, 3.05) is 12.8 Å². The van der Waals surface area contributed by atoms with Gasteiger partial charge in [0.1, 0.15) is 6.04 Å². The van der Waals surface area contributed by atoms with Gasteiger partial charge >= 0.3 is 0 Å². The zero-order chi connectivity index (χ0) is 19.1. The third kappa shape index (κ3) is 5.51. The minimum absolute atomic E-state index is 0.0793. The molecule has 1 atom stereocenters. The first-order valence-electron chi connectivity index (χ1n) is 8.36. The van der Waals surface area contributed by atoms with Gasteiger partial charge in [0.05, 0.1) is 5.75 Å². The lowest BCUT2D eigenvalue weighted by molar-refractivity contribution is -0.138. The van der Waals surface area contributed by atoms with Crippen molar-refractivity contribution in [3.8, 4) is 0 Å². The van der Waals surface area contributed by atoms with E-state index >= 15 is 0 Å². The molecule has 0 aromatic heterocycles. The average molecular weight is 391 g/mol. The van der Waals surface area contributed by atoms with E-state index in [1.807, 2.05) is 43.3 Å². The number of likely N-dealkylation sites (N-methyl/N-ethyl adjacent to an activating group) is 1. The predicted octanol–water partition coefficient (Wildman–Crippen LogP) is 3.90. The van der Waals surface area contributed by atoms with Crippen LogP contribution in [-0.2, 0) is 16.1 Å². The van der Waals surface area contributed by atoms with E-state index in [0.29, 0.717) is 11.6 Å². The summed E-state index contributed by atoms with van der Waals surface area (Å²) >= 11 is 7.33. The molecule has 0 fully saturated rings. The van der Waals surface area contributed by atoms with Gasteiger partial charge in [0, 0.05) is 23.5 Å². The van der Waals surface area contributed by atoms with E-state index in [1.54, 1.807) is 31.0 Å². The number of halogens is 1. The normalized spacial score (nSPS) is 11.7. The second-order valence-corrected chi connectivity index (χ2v) is 7.47. The van der Waals surface area contributed by atoms with E-state index in [4.69, 9.17) is 11.6 Å². The summed E-state index contributed by atoms with van der Waals surface area (Å²) in [6.07, 6.45) is 0. The molecule has 0 aliphatic heterocycles. The summed E-state index contributed by atoms with van der Waals surface area (Å²) in [5.74, 6) is 0.00205. The molecule has 2 aromatic rings. The molecule has 138 valence electrons. The van der Waals surface area contributed by atoms with Crippen molar-refractivity contribution in [1.29, 1.82) is 0 Å². The number of nitrogens with zero attached hydrogens (tertiary/aromatic N) is 1. The van der Waals surface area contributed by atoms with Crippen molar-refractivity contribution in [3.63, 3.8) is 0 Å². The summed E-state index contributed by atoms with van der Waals surface area (Å²) in [5, 5.41) is 3.29. The summed E-state index contributed by atoms with van der Waals surface area (Å²) in [4.78, 5) is 27.6. The van der Waals surface area contributed by atoms with Gasteiger partial charge < -0.3 is 10.2 Å². The Labute approximate surface area is 163 Å². The molecule has 0 aliphatic rings. The van der Waals surface area contributed by atoms with Gasteiger partial charge in [-0.15, -0.1) is 11.8 Å². The molecule has 0 unspecified atom stereocenters. The van der Waals surface area contributed by atoms with Gasteiger partial charge in [0.15, 0.2) is 0 Å². The second kappa shape index (κ2) is 9.64. The first kappa shape index (κ1) is 20.3. The number of aryl methyl sites for hydroxylation is 1. The largest absolute Gasteiger partial charge is 0.357 e. The molecule has 4 nitrogen and oxygen atoms in total. The van der Waals surface area contributed by atoms with Crippen LogP contribution in [0.4, 0.5) is 0 Å². The van der Waals surface area contributed by atoms with Crippen molar-refractivity contribution < 1.29 is 9.59 Å². The van der Waals surface area contributed by atoms with E-state index < -0.39 is 6.04 Å². The molecule has 0 aliphatic carbocycles. The molecule has 2 amide bonds. The number of rotatable bonds is 7. The quantitative estimate of drug-likeness (QED) is 0.729. The van der Waals surface area contributed by atoms with E-state index in [-0.39, 0.29) is 17.6 Å². The van der Waals surface area contributed by atoms with Crippen LogP contribution < -0.4 is 5.32 Å². The standard InChI is InChI=1S/C20H23ClN2O2S/c1-14-6-4-5-7-16(14)12-23(15(2)20(25)22-3)19(24)13-26-18-10-8-17(21)9-11-18/h4-11,15H,12-13H2,1-3H3,(H,22,25)/t15-/m1/s1. The van der Waals surface area contributed by atoms with Gasteiger partial charge in [-0.3, -0.25) is 9.59 Å². The van der Waals surface area contributed by atoms with Crippen LogP contribution in [0.2, 0.25) is 5.02 Å². The van der Waals surface area contributed by atoms with Gasteiger partial charge in [-0.05, 0) is 49.2 Å². The number of carbonyl (C=O) groups excluding carboxylic acids is 2. The molecule has 0 bridgehead atoms. The zero-order valence-corrected chi connectivity index (χ0v) is 16.7. The topological polar surface area (TPSA) is 49.4 Å². The SMILES string of the molecule is CNC(=O)[C@@H](C)N(Cc1ccccc1C)C(=O)CSc1ccc(Cl)cc1. The number of thioether (sulfide) groups is 1. The van der Waals surface area contributed by atoms with Crippen molar-refractivity contribution >= 4 is 35.2 Å². The van der Waals surface area contributed by atoms with Crippen LogP contribution in [0, 0.1) is 6.92 Å².